The molecule has 0 aliphatic heterocycles. The third kappa shape index (κ3) is 3.71. The minimum atomic E-state index is -0.603. The maximum atomic E-state index is 13.8. The van der Waals surface area contributed by atoms with E-state index in [1.165, 1.54) is 35.6 Å². The van der Waals surface area contributed by atoms with E-state index >= 15 is 0 Å². The van der Waals surface area contributed by atoms with Crippen molar-refractivity contribution in [2.45, 2.75) is 6.54 Å². The normalized spacial score (nSPS) is 9.86. The second-order valence-electron chi connectivity index (χ2n) is 4.45. The summed E-state index contributed by atoms with van der Waals surface area (Å²) in [5.41, 5.74) is 1.25. The van der Waals surface area contributed by atoms with Gasteiger partial charge in [0.2, 0.25) is 0 Å². The smallest absolute Gasteiger partial charge is 0.256 e. The molecule has 2 aromatic rings. The van der Waals surface area contributed by atoms with Crippen molar-refractivity contribution in [2.24, 2.45) is 0 Å². The molecule has 0 saturated heterocycles. The molecule has 5 heteroatoms. The van der Waals surface area contributed by atoms with Crippen molar-refractivity contribution in [1.82, 2.24) is 4.90 Å². The Morgan fingerprint density at radius 2 is 2.24 bits per heavy atom. The van der Waals surface area contributed by atoms with Crippen LogP contribution in [0.3, 0.4) is 0 Å². The average molecular weight is 287 g/mol. The molecule has 0 saturated carbocycles. The molecule has 0 radical (unpaired) electrons. The number of carbonyl (C=O) groups is 1. The number of hydrogen-bond donors (Lipinski definition) is 1. The number of carbonyl (C=O) groups excluding carboxylic acids is 1. The highest BCUT2D eigenvalue weighted by atomic mass is 19.1. The van der Waals surface area contributed by atoms with Gasteiger partial charge in [0.1, 0.15) is 12.4 Å². The zero-order chi connectivity index (χ0) is 15.2. The van der Waals surface area contributed by atoms with Gasteiger partial charge in [0.05, 0.1) is 18.1 Å². The van der Waals surface area contributed by atoms with Crippen LogP contribution in [0.5, 0.6) is 0 Å². The summed E-state index contributed by atoms with van der Waals surface area (Å²) in [6.45, 7) is 0.0301. The minimum absolute atomic E-state index is 0.0502. The van der Waals surface area contributed by atoms with E-state index in [1.54, 1.807) is 13.1 Å². The standard InChI is InChI=1S/C16H14FNO3/c1-18(10-13-6-8-21-11-13)16(20)14-9-12(3-2-7-19)4-5-15(14)17/h4-6,8-9,11,19H,7,10H2,1H3. The number of hydrogen-bond acceptors (Lipinski definition) is 3. The Bertz CT molecular complexity index is 683. The van der Waals surface area contributed by atoms with Gasteiger partial charge in [0, 0.05) is 24.7 Å². The Balaban J connectivity index is 2.21. The van der Waals surface area contributed by atoms with E-state index in [0.29, 0.717) is 12.1 Å². The molecule has 0 aliphatic carbocycles. The number of amides is 1. The van der Waals surface area contributed by atoms with Gasteiger partial charge in [-0.3, -0.25) is 4.79 Å². The number of furan rings is 1. The lowest BCUT2D eigenvalue weighted by molar-refractivity contribution is 0.0780. The average Bonchev–Trinajstić information content (AvgIpc) is 2.98. The number of halogens is 1. The predicted molar refractivity (Wildman–Crippen MR) is 74.9 cm³/mol. The van der Waals surface area contributed by atoms with Gasteiger partial charge >= 0.3 is 0 Å². The SMILES string of the molecule is CN(Cc1ccoc1)C(=O)c1cc(C#CCO)ccc1F. The first-order valence-corrected chi connectivity index (χ1v) is 6.27. The Kier molecular flexibility index (Phi) is 4.75. The highest BCUT2D eigenvalue weighted by Gasteiger charge is 2.17. The maximum Gasteiger partial charge on any atom is 0.256 e. The van der Waals surface area contributed by atoms with Gasteiger partial charge in [-0.1, -0.05) is 11.8 Å². The number of aliphatic hydroxyl groups is 1. The molecule has 108 valence electrons. The highest BCUT2D eigenvalue weighted by Crippen LogP contribution is 2.14. The molecule has 0 aliphatic rings. The molecule has 21 heavy (non-hydrogen) atoms. The Morgan fingerprint density at radius 1 is 1.43 bits per heavy atom. The molecule has 0 unspecified atom stereocenters. The summed E-state index contributed by atoms with van der Waals surface area (Å²) in [7, 11) is 1.58. The van der Waals surface area contributed by atoms with E-state index < -0.39 is 11.7 Å². The number of nitrogens with zero attached hydrogens (tertiary/aromatic N) is 1. The second kappa shape index (κ2) is 6.73. The van der Waals surface area contributed by atoms with E-state index in [9.17, 15) is 9.18 Å². The van der Waals surface area contributed by atoms with Crippen LogP contribution in [0.2, 0.25) is 0 Å². The molecule has 1 aromatic carbocycles. The molecule has 0 fully saturated rings. The Morgan fingerprint density at radius 3 is 2.90 bits per heavy atom. The topological polar surface area (TPSA) is 53.7 Å². The van der Waals surface area contributed by atoms with E-state index in [1.807, 2.05) is 0 Å². The summed E-state index contributed by atoms with van der Waals surface area (Å²) in [5, 5.41) is 8.66. The van der Waals surface area contributed by atoms with Crippen LogP contribution in [-0.4, -0.2) is 29.6 Å². The number of benzene rings is 1. The van der Waals surface area contributed by atoms with Crippen molar-refractivity contribution < 1.29 is 18.7 Å². The molecule has 1 amide bonds. The van der Waals surface area contributed by atoms with Crippen molar-refractivity contribution in [1.29, 1.82) is 0 Å². The third-order valence-electron chi connectivity index (χ3n) is 2.86. The number of rotatable bonds is 3. The summed E-state index contributed by atoms with van der Waals surface area (Å²) < 4.78 is 18.8. The molecule has 0 bridgehead atoms. The van der Waals surface area contributed by atoms with Crippen molar-refractivity contribution in [2.75, 3.05) is 13.7 Å². The van der Waals surface area contributed by atoms with E-state index in [2.05, 4.69) is 11.8 Å². The molecule has 2 rings (SSSR count). The first kappa shape index (κ1) is 14.8. The molecule has 4 nitrogen and oxygen atoms in total. The van der Waals surface area contributed by atoms with E-state index in [-0.39, 0.29) is 12.2 Å². The summed E-state index contributed by atoms with van der Waals surface area (Å²) in [4.78, 5) is 13.7. The monoisotopic (exact) mass is 287 g/mol. The van der Waals surface area contributed by atoms with Crippen molar-refractivity contribution in [3.05, 3.63) is 59.3 Å². The van der Waals surface area contributed by atoms with Crippen LogP contribution in [0, 0.1) is 17.7 Å². The molecular weight excluding hydrogens is 273 g/mol. The molecule has 0 atom stereocenters. The molecule has 0 spiro atoms. The Labute approximate surface area is 121 Å². The highest BCUT2D eigenvalue weighted by molar-refractivity contribution is 5.94. The van der Waals surface area contributed by atoms with Crippen LogP contribution >= 0.6 is 0 Å². The fourth-order valence-electron chi connectivity index (χ4n) is 1.84. The molecule has 1 heterocycles. The maximum absolute atomic E-state index is 13.8. The van der Waals surface area contributed by atoms with Gasteiger partial charge in [0.25, 0.3) is 5.91 Å². The third-order valence-corrected chi connectivity index (χ3v) is 2.86. The van der Waals surface area contributed by atoms with Crippen LogP contribution in [0.4, 0.5) is 4.39 Å². The van der Waals surface area contributed by atoms with Gasteiger partial charge < -0.3 is 14.4 Å². The van der Waals surface area contributed by atoms with Gasteiger partial charge in [-0.25, -0.2) is 4.39 Å². The van der Waals surface area contributed by atoms with Crippen molar-refractivity contribution in [3.63, 3.8) is 0 Å². The lowest BCUT2D eigenvalue weighted by Crippen LogP contribution is -2.27. The van der Waals surface area contributed by atoms with E-state index in [0.717, 1.165) is 5.56 Å². The van der Waals surface area contributed by atoms with Gasteiger partial charge in [0.15, 0.2) is 0 Å². The summed E-state index contributed by atoms with van der Waals surface area (Å²) in [6.07, 6.45) is 3.04. The van der Waals surface area contributed by atoms with Crippen LogP contribution in [-0.2, 0) is 6.54 Å². The van der Waals surface area contributed by atoms with Crippen LogP contribution in [0.25, 0.3) is 0 Å². The first-order chi connectivity index (χ1) is 10.1. The van der Waals surface area contributed by atoms with Crippen molar-refractivity contribution >= 4 is 5.91 Å². The van der Waals surface area contributed by atoms with Gasteiger partial charge in [-0.2, -0.15) is 0 Å². The lowest BCUT2D eigenvalue weighted by Gasteiger charge is -2.16. The van der Waals surface area contributed by atoms with Crippen LogP contribution < -0.4 is 0 Å². The molecule has 1 N–H and O–H groups in total. The quantitative estimate of drug-likeness (QED) is 0.879. The fraction of sp³-hybridized carbons (Fsp3) is 0.188. The van der Waals surface area contributed by atoms with Crippen LogP contribution in [0.15, 0.2) is 41.2 Å². The van der Waals surface area contributed by atoms with Gasteiger partial charge in [-0.05, 0) is 24.3 Å². The lowest BCUT2D eigenvalue weighted by atomic mass is 10.1. The summed E-state index contributed by atoms with van der Waals surface area (Å²) in [6, 6.07) is 5.78. The zero-order valence-corrected chi connectivity index (χ0v) is 11.5. The minimum Gasteiger partial charge on any atom is -0.472 e. The van der Waals surface area contributed by atoms with Gasteiger partial charge in [-0.15, -0.1) is 0 Å². The first-order valence-electron chi connectivity index (χ1n) is 6.27. The second-order valence-corrected chi connectivity index (χ2v) is 4.45. The number of aliphatic hydroxyl groups excluding tert-OH is 1. The molecular formula is C16H14FNO3. The van der Waals surface area contributed by atoms with Crippen LogP contribution in [0.1, 0.15) is 21.5 Å². The zero-order valence-electron chi connectivity index (χ0n) is 11.5. The summed E-state index contributed by atoms with van der Waals surface area (Å²) in [5.74, 6) is 4.06. The van der Waals surface area contributed by atoms with E-state index in [4.69, 9.17) is 9.52 Å². The van der Waals surface area contributed by atoms with Crippen molar-refractivity contribution in [3.8, 4) is 11.8 Å². The summed E-state index contributed by atoms with van der Waals surface area (Å²) >= 11 is 0. The Hall–Kier alpha value is -2.58. The largest absolute Gasteiger partial charge is 0.472 e. The predicted octanol–water partition coefficient (Wildman–Crippen LogP) is 2.03. The fourth-order valence-corrected chi connectivity index (χ4v) is 1.84. The molecule has 1 aromatic heterocycles.